The molecule has 0 aromatic heterocycles. The van der Waals surface area contributed by atoms with Crippen LogP contribution < -0.4 is 10.9 Å². The van der Waals surface area contributed by atoms with Crippen LogP contribution in [-0.4, -0.2) is 30.2 Å². The molecule has 80 valence electrons. The number of ether oxygens (including phenoxy) is 1. The maximum absolute atomic E-state index is 10.8. The number of hydrogen-bond donors (Lipinski definition) is 3. The molecule has 0 aliphatic rings. The van der Waals surface area contributed by atoms with Crippen molar-refractivity contribution in [2.24, 2.45) is 0 Å². The third-order valence-corrected chi connectivity index (χ3v) is 1.32. The van der Waals surface area contributed by atoms with E-state index in [2.05, 4.69) is 4.74 Å². The van der Waals surface area contributed by atoms with E-state index in [4.69, 9.17) is 5.11 Å². The maximum Gasteiger partial charge on any atom is 0.423 e. The lowest BCUT2D eigenvalue weighted by Crippen LogP contribution is -2.40. The predicted octanol–water partition coefficient (Wildman–Crippen LogP) is -0.372. The highest BCUT2D eigenvalue weighted by atomic mass is 16.5. The van der Waals surface area contributed by atoms with Gasteiger partial charge in [0.25, 0.3) is 0 Å². The Bertz CT molecular complexity index is 228. The summed E-state index contributed by atoms with van der Waals surface area (Å²) in [5.41, 5.74) is 3.63. The van der Waals surface area contributed by atoms with Crippen molar-refractivity contribution >= 4 is 18.0 Å². The number of esters is 1. The number of rotatable bonds is 4. The number of hydrogen-bond acceptors (Lipinski definition) is 4. The molecule has 0 radical (unpaired) electrons. The summed E-state index contributed by atoms with van der Waals surface area (Å²) in [6, 6.07) is 0. The molecule has 0 rings (SSSR count). The van der Waals surface area contributed by atoms with E-state index in [1.807, 2.05) is 5.43 Å². The monoisotopic (exact) mass is 204 g/mol. The molecule has 2 amide bonds. The summed E-state index contributed by atoms with van der Waals surface area (Å²) in [5.74, 6) is -0.889. The lowest BCUT2D eigenvalue weighted by molar-refractivity contribution is -0.140. The Labute approximate surface area is 80.4 Å². The molecule has 7 nitrogen and oxygen atoms in total. The van der Waals surface area contributed by atoms with Crippen LogP contribution in [-0.2, 0) is 14.3 Å². The van der Waals surface area contributed by atoms with Gasteiger partial charge >= 0.3 is 12.1 Å². The first-order valence-electron chi connectivity index (χ1n) is 3.91. The summed E-state index contributed by atoms with van der Waals surface area (Å²) < 4.78 is 4.35. The minimum Gasteiger partial charge on any atom is -0.469 e. The number of nitrogens with one attached hydrogen (secondary N) is 2. The van der Waals surface area contributed by atoms with E-state index in [9.17, 15) is 14.4 Å². The van der Waals surface area contributed by atoms with Crippen molar-refractivity contribution in [2.45, 2.75) is 19.3 Å². The summed E-state index contributed by atoms with van der Waals surface area (Å²) in [6.07, 6.45) is -0.821. The predicted molar refractivity (Wildman–Crippen MR) is 45.2 cm³/mol. The summed E-state index contributed by atoms with van der Waals surface area (Å²) >= 11 is 0. The van der Waals surface area contributed by atoms with Gasteiger partial charge in [0.05, 0.1) is 7.11 Å². The van der Waals surface area contributed by atoms with Gasteiger partial charge in [-0.05, 0) is 6.42 Å². The van der Waals surface area contributed by atoms with Gasteiger partial charge in [-0.25, -0.2) is 10.2 Å². The van der Waals surface area contributed by atoms with E-state index in [1.165, 1.54) is 7.11 Å². The van der Waals surface area contributed by atoms with E-state index in [-0.39, 0.29) is 12.8 Å². The van der Waals surface area contributed by atoms with Crippen LogP contribution in [0, 0.1) is 0 Å². The number of hydrazine groups is 1. The van der Waals surface area contributed by atoms with Gasteiger partial charge in [-0.1, -0.05) is 0 Å². The van der Waals surface area contributed by atoms with E-state index in [0.29, 0.717) is 6.42 Å². The lowest BCUT2D eigenvalue weighted by atomic mass is 10.2. The number of carbonyl (C=O) groups is 3. The Morgan fingerprint density at radius 3 is 2.36 bits per heavy atom. The molecular formula is C7H12N2O5. The molecule has 14 heavy (non-hydrogen) atoms. The molecule has 0 aromatic rings. The van der Waals surface area contributed by atoms with Gasteiger partial charge < -0.3 is 9.84 Å². The molecule has 0 saturated heterocycles. The van der Waals surface area contributed by atoms with Gasteiger partial charge in [0.2, 0.25) is 5.91 Å². The van der Waals surface area contributed by atoms with Crippen LogP contribution in [0.1, 0.15) is 19.3 Å². The molecule has 0 heterocycles. The molecule has 0 unspecified atom stereocenters. The van der Waals surface area contributed by atoms with Crippen molar-refractivity contribution < 1.29 is 24.2 Å². The molecule has 0 aliphatic heterocycles. The largest absolute Gasteiger partial charge is 0.469 e. The minimum absolute atomic E-state index is 0.0649. The molecule has 7 heteroatoms. The summed E-state index contributed by atoms with van der Waals surface area (Å²) in [5, 5.41) is 8.11. The molecule has 0 atom stereocenters. The molecule has 0 bridgehead atoms. The average Bonchev–Trinajstić information content (AvgIpc) is 2.14. The van der Waals surface area contributed by atoms with Crippen LogP contribution >= 0.6 is 0 Å². The van der Waals surface area contributed by atoms with Crippen LogP contribution in [0.3, 0.4) is 0 Å². The molecule has 0 saturated carbocycles. The summed E-state index contributed by atoms with van der Waals surface area (Å²) in [7, 11) is 1.26. The average molecular weight is 204 g/mol. The number of carboxylic acid groups (broad SMARTS) is 1. The number of methoxy groups -OCH3 is 1. The van der Waals surface area contributed by atoms with Crippen LogP contribution in [0.4, 0.5) is 4.79 Å². The summed E-state index contributed by atoms with van der Waals surface area (Å²) in [4.78, 5) is 31.4. The van der Waals surface area contributed by atoms with Gasteiger partial charge in [-0.3, -0.25) is 15.0 Å². The van der Waals surface area contributed by atoms with E-state index < -0.39 is 18.0 Å². The smallest absolute Gasteiger partial charge is 0.423 e. The molecule has 3 N–H and O–H groups in total. The highest BCUT2D eigenvalue weighted by Gasteiger charge is 2.05. The van der Waals surface area contributed by atoms with Gasteiger partial charge in [0.1, 0.15) is 0 Å². The first kappa shape index (κ1) is 12.2. The Hall–Kier alpha value is -1.79. The third-order valence-electron chi connectivity index (χ3n) is 1.32. The van der Waals surface area contributed by atoms with Gasteiger partial charge in [0, 0.05) is 12.8 Å². The lowest BCUT2D eigenvalue weighted by Gasteiger charge is -2.02. The first-order valence-corrected chi connectivity index (χ1v) is 3.91. The zero-order valence-electron chi connectivity index (χ0n) is 7.70. The van der Waals surface area contributed by atoms with Crippen molar-refractivity contribution in [3.63, 3.8) is 0 Å². The van der Waals surface area contributed by atoms with E-state index in [0.717, 1.165) is 0 Å². The normalized spacial score (nSPS) is 8.93. The van der Waals surface area contributed by atoms with Crippen molar-refractivity contribution in [3.8, 4) is 0 Å². The highest BCUT2D eigenvalue weighted by molar-refractivity contribution is 5.79. The van der Waals surface area contributed by atoms with E-state index >= 15 is 0 Å². The van der Waals surface area contributed by atoms with Crippen molar-refractivity contribution in [1.82, 2.24) is 10.9 Å². The Balaban J connectivity index is 3.45. The zero-order chi connectivity index (χ0) is 11.0. The first-order chi connectivity index (χ1) is 6.56. The standard InChI is InChI=1S/C7H12N2O5/c1-14-6(11)4-2-3-5(10)8-9-7(12)13/h9H,2-4H2,1H3,(H,8,10)(H,12,13). The molecule has 0 aliphatic carbocycles. The molecular weight excluding hydrogens is 192 g/mol. The van der Waals surface area contributed by atoms with Gasteiger partial charge in [-0.15, -0.1) is 0 Å². The Morgan fingerprint density at radius 2 is 1.86 bits per heavy atom. The quantitative estimate of drug-likeness (QED) is 0.428. The fourth-order valence-corrected chi connectivity index (χ4v) is 0.681. The van der Waals surface area contributed by atoms with Crippen molar-refractivity contribution in [2.75, 3.05) is 7.11 Å². The topological polar surface area (TPSA) is 105 Å². The summed E-state index contributed by atoms with van der Waals surface area (Å²) in [6.45, 7) is 0. The van der Waals surface area contributed by atoms with Crippen LogP contribution in [0.25, 0.3) is 0 Å². The Morgan fingerprint density at radius 1 is 1.21 bits per heavy atom. The maximum atomic E-state index is 10.8. The number of amides is 2. The van der Waals surface area contributed by atoms with Crippen LogP contribution in [0.5, 0.6) is 0 Å². The van der Waals surface area contributed by atoms with Gasteiger partial charge in [-0.2, -0.15) is 0 Å². The minimum atomic E-state index is -1.34. The zero-order valence-corrected chi connectivity index (χ0v) is 7.70. The third kappa shape index (κ3) is 6.89. The van der Waals surface area contributed by atoms with Crippen LogP contribution in [0.2, 0.25) is 0 Å². The SMILES string of the molecule is COC(=O)CCCC(=O)NNC(=O)O. The van der Waals surface area contributed by atoms with Crippen LogP contribution in [0.15, 0.2) is 0 Å². The van der Waals surface area contributed by atoms with E-state index in [1.54, 1.807) is 5.43 Å². The molecule has 0 spiro atoms. The second-order valence-electron chi connectivity index (χ2n) is 2.41. The fraction of sp³-hybridized carbons (Fsp3) is 0.571. The second kappa shape index (κ2) is 6.70. The highest BCUT2D eigenvalue weighted by Crippen LogP contribution is 1.96. The van der Waals surface area contributed by atoms with Crippen molar-refractivity contribution in [1.29, 1.82) is 0 Å². The molecule has 0 aromatic carbocycles. The van der Waals surface area contributed by atoms with Gasteiger partial charge in [0.15, 0.2) is 0 Å². The fourth-order valence-electron chi connectivity index (χ4n) is 0.681. The molecule has 0 fully saturated rings. The second-order valence-corrected chi connectivity index (χ2v) is 2.41. The Kier molecular flexibility index (Phi) is 5.84. The van der Waals surface area contributed by atoms with Crippen molar-refractivity contribution in [3.05, 3.63) is 0 Å². The number of carbonyl (C=O) groups excluding carboxylic acids is 2.